The van der Waals surface area contributed by atoms with Crippen LogP contribution in [0.15, 0.2) is 18.2 Å². The summed E-state index contributed by atoms with van der Waals surface area (Å²) in [6.07, 6.45) is 4.64. The number of hydrogen-bond acceptors (Lipinski definition) is 2. The lowest BCUT2D eigenvalue weighted by atomic mass is 9.90. The number of fused-ring (bicyclic) bond motifs is 1. The fourth-order valence-electron chi connectivity index (χ4n) is 2.36. The second-order valence-electron chi connectivity index (χ2n) is 5.40. The molecule has 0 unspecified atom stereocenters. The third-order valence-electron chi connectivity index (χ3n) is 3.32. The summed E-state index contributed by atoms with van der Waals surface area (Å²) < 4.78 is 0. The minimum absolute atomic E-state index is 0.161. The van der Waals surface area contributed by atoms with Crippen molar-refractivity contribution >= 4 is 23.2 Å². The lowest BCUT2D eigenvalue weighted by Gasteiger charge is -2.17. The van der Waals surface area contributed by atoms with Crippen LogP contribution in [-0.2, 0) is 12.8 Å². The predicted octanol–water partition coefficient (Wildman–Crippen LogP) is 2.08. The monoisotopic (exact) mass is 291 g/mol. The molecule has 0 heterocycles. The van der Waals surface area contributed by atoms with Crippen molar-refractivity contribution in [1.82, 2.24) is 16.2 Å². The molecule has 1 aromatic carbocycles. The highest BCUT2D eigenvalue weighted by atomic mass is 32.1. The van der Waals surface area contributed by atoms with Crippen LogP contribution in [0.3, 0.4) is 0 Å². The number of hydrazine groups is 1. The number of amides is 1. The molecule has 0 aromatic heterocycles. The van der Waals surface area contributed by atoms with Crippen molar-refractivity contribution in [2.75, 3.05) is 0 Å². The van der Waals surface area contributed by atoms with Crippen LogP contribution in [0, 0.1) is 0 Å². The van der Waals surface area contributed by atoms with Gasteiger partial charge in [-0.05, 0) is 75.0 Å². The standard InChI is InChI=1S/C15H21N3OS/c1-10(2)16-15(20)18-17-14(19)13-8-7-11-5-3-4-6-12(11)9-13/h7-10H,3-6H2,1-2H3,(H,17,19)(H2,16,18,20). The summed E-state index contributed by atoms with van der Waals surface area (Å²) in [7, 11) is 0. The third-order valence-corrected chi connectivity index (χ3v) is 3.54. The minimum atomic E-state index is -0.161. The molecule has 1 aliphatic carbocycles. The summed E-state index contributed by atoms with van der Waals surface area (Å²) in [5.74, 6) is -0.161. The second-order valence-corrected chi connectivity index (χ2v) is 5.81. The van der Waals surface area contributed by atoms with Crippen molar-refractivity contribution in [3.05, 3.63) is 34.9 Å². The Bertz CT molecular complexity index is 514. The Labute approximate surface area is 125 Å². The lowest BCUT2D eigenvalue weighted by Crippen LogP contribution is -2.48. The average Bonchev–Trinajstić information content (AvgIpc) is 2.43. The van der Waals surface area contributed by atoms with Crippen LogP contribution in [0.1, 0.15) is 48.2 Å². The first-order valence-corrected chi connectivity index (χ1v) is 7.46. The molecule has 2 rings (SSSR count). The highest BCUT2D eigenvalue weighted by molar-refractivity contribution is 7.80. The normalized spacial score (nSPS) is 13.6. The summed E-state index contributed by atoms with van der Waals surface area (Å²) in [6, 6.07) is 6.16. The van der Waals surface area contributed by atoms with Crippen molar-refractivity contribution in [2.45, 2.75) is 45.6 Å². The lowest BCUT2D eigenvalue weighted by molar-refractivity contribution is 0.0943. The molecule has 1 aromatic rings. The van der Waals surface area contributed by atoms with E-state index >= 15 is 0 Å². The fraction of sp³-hybridized carbons (Fsp3) is 0.467. The summed E-state index contributed by atoms with van der Waals surface area (Å²) in [5.41, 5.74) is 8.67. The van der Waals surface area contributed by atoms with Crippen LogP contribution in [0.25, 0.3) is 0 Å². The van der Waals surface area contributed by atoms with E-state index in [9.17, 15) is 4.79 Å². The molecule has 108 valence electrons. The molecule has 0 fully saturated rings. The van der Waals surface area contributed by atoms with Gasteiger partial charge in [0.25, 0.3) is 5.91 Å². The van der Waals surface area contributed by atoms with Crippen molar-refractivity contribution < 1.29 is 4.79 Å². The molecule has 3 N–H and O–H groups in total. The first-order chi connectivity index (χ1) is 9.56. The number of hydrogen-bond donors (Lipinski definition) is 3. The van der Waals surface area contributed by atoms with Gasteiger partial charge in [-0.3, -0.25) is 15.6 Å². The van der Waals surface area contributed by atoms with E-state index in [0.717, 1.165) is 12.8 Å². The first-order valence-electron chi connectivity index (χ1n) is 7.05. The number of benzene rings is 1. The van der Waals surface area contributed by atoms with Gasteiger partial charge in [0.1, 0.15) is 0 Å². The Hall–Kier alpha value is -1.62. The topological polar surface area (TPSA) is 53.2 Å². The number of carbonyl (C=O) groups is 1. The first kappa shape index (κ1) is 14.8. The van der Waals surface area contributed by atoms with E-state index in [0.29, 0.717) is 10.7 Å². The smallest absolute Gasteiger partial charge is 0.269 e. The Balaban J connectivity index is 1.94. The number of thiocarbonyl (C=S) groups is 1. The SMILES string of the molecule is CC(C)NC(=S)NNC(=O)c1ccc2c(c1)CCCC2. The van der Waals surface area contributed by atoms with Gasteiger partial charge in [-0.2, -0.15) is 0 Å². The number of nitrogens with one attached hydrogen (secondary N) is 3. The zero-order chi connectivity index (χ0) is 14.5. The minimum Gasteiger partial charge on any atom is -0.359 e. The van der Waals surface area contributed by atoms with Gasteiger partial charge in [0.15, 0.2) is 5.11 Å². The summed E-state index contributed by atoms with van der Waals surface area (Å²) in [5, 5.41) is 3.43. The maximum absolute atomic E-state index is 12.1. The second kappa shape index (κ2) is 6.70. The Morgan fingerprint density at radius 2 is 1.85 bits per heavy atom. The van der Waals surface area contributed by atoms with Gasteiger partial charge < -0.3 is 5.32 Å². The molecule has 0 spiro atoms. The quantitative estimate of drug-likeness (QED) is 0.577. The van der Waals surface area contributed by atoms with Crippen LogP contribution < -0.4 is 16.2 Å². The number of carbonyl (C=O) groups excluding carboxylic acids is 1. The summed E-state index contributed by atoms with van der Waals surface area (Å²) in [6.45, 7) is 3.97. The molecule has 0 bridgehead atoms. The highest BCUT2D eigenvalue weighted by Gasteiger charge is 2.12. The number of rotatable bonds is 2. The van der Waals surface area contributed by atoms with E-state index in [2.05, 4.69) is 22.2 Å². The van der Waals surface area contributed by atoms with E-state index < -0.39 is 0 Å². The third kappa shape index (κ3) is 3.93. The zero-order valence-corrected chi connectivity index (χ0v) is 12.8. The fourth-order valence-corrected chi connectivity index (χ4v) is 2.65. The van der Waals surface area contributed by atoms with Crippen LogP contribution in [-0.4, -0.2) is 17.1 Å². The van der Waals surface area contributed by atoms with Gasteiger partial charge in [-0.1, -0.05) is 6.07 Å². The van der Waals surface area contributed by atoms with E-state index in [-0.39, 0.29) is 11.9 Å². The van der Waals surface area contributed by atoms with E-state index in [1.165, 1.54) is 24.0 Å². The van der Waals surface area contributed by atoms with Crippen molar-refractivity contribution in [1.29, 1.82) is 0 Å². The van der Waals surface area contributed by atoms with Crippen molar-refractivity contribution in [3.8, 4) is 0 Å². The molecular formula is C15H21N3OS. The van der Waals surface area contributed by atoms with Crippen LogP contribution in [0.5, 0.6) is 0 Å². The predicted molar refractivity (Wildman–Crippen MR) is 84.6 cm³/mol. The zero-order valence-electron chi connectivity index (χ0n) is 12.0. The van der Waals surface area contributed by atoms with E-state index in [1.807, 2.05) is 26.0 Å². The maximum atomic E-state index is 12.1. The van der Waals surface area contributed by atoms with Crippen molar-refractivity contribution in [2.24, 2.45) is 0 Å². The molecule has 4 nitrogen and oxygen atoms in total. The van der Waals surface area contributed by atoms with Crippen LogP contribution in [0.2, 0.25) is 0 Å². The molecule has 1 aliphatic rings. The van der Waals surface area contributed by atoms with Gasteiger partial charge in [0, 0.05) is 11.6 Å². The molecule has 0 saturated heterocycles. The largest absolute Gasteiger partial charge is 0.359 e. The Morgan fingerprint density at radius 1 is 1.15 bits per heavy atom. The van der Waals surface area contributed by atoms with Gasteiger partial charge >= 0.3 is 0 Å². The van der Waals surface area contributed by atoms with Gasteiger partial charge in [-0.25, -0.2) is 0 Å². The Kier molecular flexibility index (Phi) is 4.95. The molecule has 0 atom stereocenters. The summed E-state index contributed by atoms with van der Waals surface area (Å²) in [4.78, 5) is 12.1. The molecule has 5 heteroatoms. The highest BCUT2D eigenvalue weighted by Crippen LogP contribution is 2.22. The molecule has 20 heavy (non-hydrogen) atoms. The van der Waals surface area contributed by atoms with E-state index in [4.69, 9.17) is 12.2 Å². The van der Waals surface area contributed by atoms with Crippen molar-refractivity contribution in [3.63, 3.8) is 0 Å². The molecule has 0 aliphatic heterocycles. The average molecular weight is 291 g/mol. The van der Waals surface area contributed by atoms with Gasteiger partial charge in [0.2, 0.25) is 0 Å². The van der Waals surface area contributed by atoms with Gasteiger partial charge in [-0.15, -0.1) is 0 Å². The molecule has 0 saturated carbocycles. The van der Waals surface area contributed by atoms with Crippen LogP contribution in [0.4, 0.5) is 0 Å². The molecule has 1 amide bonds. The summed E-state index contributed by atoms with van der Waals surface area (Å²) >= 11 is 5.06. The van der Waals surface area contributed by atoms with E-state index in [1.54, 1.807) is 0 Å². The maximum Gasteiger partial charge on any atom is 0.269 e. The molecular weight excluding hydrogens is 270 g/mol. The molecule has 0 radical (unpaired) electrons. The van der Waals surface area contributed by atoms with Crippen LogP contribution >= 0.6 is 12.2 Å². The Morgan fingerprint density at radius 3 is 2.55 bits per heavy atom. The van der Waals surface area contributed by atoms with Gasteiger partial charge in [0.05, 0.1) is 0 Å². The number of aryl methyl sites for hydroxylation is 2.